The number of carbonyl (C=O) groups excluding carboxylic acids is 1. The summed E-state index contributed by atoms with van der Waals surface area (Å²) in [6.07, 6.45) is 1.82. The van der Waals surface area contributed by atoms with Gasteiger partial charge in [-0.25, -0.2) is 0 Å². The van der Waals surface area contributed by atoms with E-state index in [1.807, 2.05) is 32.9 Å². The Kier molecular flexibility index (Phi) is 9.17. The van der Waals surface area contributed by atoms with Gasteiger partial charge < -0.3 is 14.6 Å². The summed E-state index contributed by atoms with van der Waals surface area (Å²) in [6.45, 7) is 11.2. The first kappa shape index (κ1) is 21.5. The number of methoxy groups -OCH3 is 1. The summed E-state index contributed by atoms with van der Waals surface area (Å²) in [6, 6.07) is 10.8. The molecular formula is C22H28O4. The van der Waals surface area contributed by atoms with Crippen molar-refractivity contribution in [3.05, 3.63) is 54.1 Å². The molecule has 2 aromatic rings. The van der Waals surface area contributed by atoms with Crippen LogP contribution in [-0.4, -0.2) is 25.3 Å². The minimum atomic E-state index is 0.0522. The molecule has 0 aliphatic carbocycles. The molecule has 0 saturated carbocycles. The maximum Gasteiger partial charge on any atom is 0.298 e. The van der Waals surface area contributed by atoms with Crippen LogP contribution in [0.15, 0.2) is 43.0 Å². The van der Waals surface area contributed by atoms with E-state index in [0.29, 0.717) is 12.2 Å². The normalized spacial score (nSPS) is 9.85. The van der Waals surface area contributed by atoms with E-state index in [-0.39, 0.29) is 5.75 Å². The lowest BCUT2D eigenvalue weighted by atomic mass is 9.94. The van der Waals surface area contributed by atoms with Gasteiger partial charge in [0.2, 0.25) is 0 Å². The van der Waals surface area contributed by atoms with Crippen molar-refractivity contribution < 1.29 is 19.4 Å². The Hall–Kier alpha value is -2.59. The lowest BCUT2D eigenvalue weighted by Crippen LogP contribution is -1.95. The monoisotopic (exact) mass is 356 g/mol. The van der Waals surface area contributed by atoms with E-state index in [2.05, 4.69) is 12.6 Å². The molecule has 0 aliphatic rings. The second-order valence-electron chi connectivity index (χ2n) is 5.62. The number of phenolic OH excluding ortho intramolecular Hbond substituents is 1. The molecule has 0 unspecified atom stereocenters. The molecule has 0 bridgehead atoms. The average molecular weight is 356 g/mol. The predicted molar refractivity (Wildman–Crippen MR) is 106 cm³/mol. The van der Waals surface area contributed by atoms with Gasteiger partial charge in [0.15, 0.2) is 0 Å². The highest BCUT2D eigenvalue weighted by atomic mass is 16.5. The van der Waals surface area contributed by atoms with E-state index in [9.17, 15) is 9.90 Å². The van der Waals surface area contributed by atoms with Gasteiger partial charge in [-0.05, 0) is 54.2 Å². The first-order chi connectivity index (χ1) is 12.6. The fraction of sp³-hybridized carbons (Fsp3) is 0.318. The van der Waals surface area contributed by atoms with Crippen molar-refractivity contribution >= 4 is 12.0 Å². The number of allylic oxidation sites excluding steroid dienone is 1. The van der Waals surface area contributed by atoms with E-state index in [1.54, 1.807) is 19.2 Å². The van der Waals surface area contributed by atoms with Gasteiger partial charge in [0.1, 0.15) is 11.5 Å². The van der Waals surface area contributed by atoms with Crippen LogP contribution >= 0.6 is 0 Å². The minimum absolute atomic E-state index is 0.0522. The van der Waals surface area contributed by atoms with Crippen molar-refractivity contribution in [2.24, 2.45) is 0 Å². The van der Waals surface area contributed by atoms with E-state index in [4.69, 9.17) is 9.47 Å². The average Bonchev–Trinajstić information content (AvgIpc) is 2.64. The summed E-state index contributed by atoms with van der Waals surface area (Å²) >= 11 is 0. The molecule has 26 heavy (non-hydrogen) atoms. The largest absolute Gasteiger partial charge is 0.508 e. The van der Waals surface area contributed by atoms with Crippen molar-refractivity contribution in [1.82, 2.24) is 0 Å². The lowest BCUT2D eigenvalue weighted by molar-refractivity contribution is -0.120. The van der Waals surface area contributed by atoms with Crippen LogP contribution in [0.1, 0.15) is 37.8 Å². The Balaban J connectivity index is 0.00000163. The Morgan fingerprint density at radius 1 is 1.15 bits per heavy atom. The standard InChI is InChI=1S/C20H22O4.C2H6/c1-14(5-4-10-23-3)16-6-8-18(15(2)11-16)19-9-7-17(22)12-20(19)24-13-21;1-2/h6-9,11-13,22H,1,4-5,10H2,2-3H3;1-2H3. The summed E-state index contributed by atoms with van der Waals surface area (Å²) in [5, 5.41) is 9.58. The van der Waals surface area contributed by atoms with Crippen LogP contribution in [0.2, 0.25) is 0 Å². The molecule has 0 spiro atoms. The number of benzene rings is 2. The van der Waals surface area contributed by atoms with E-state index in [0.717, 1.165) is 47.3 Å². The number of phenols is 1. The maximum atomic E-state index is 10.7. The molecule has 0 aliphatic heterocycles. The summed E-state index contributed by atoms with van der Waals surface area (Å²) in [4.78, 5) is 10.7. The van der Waals surface area contributed by atoms with Crippen LogP contribution in [0.3, 0.4) is 0 Å². The Morgan fingerprint density at radius 3 is 2.46 bits per heavy atom. The zero-order chi connectivity index (χ0) is 19.5. The Labute approximate surface area is 156 Å². The maximum absolute atomic E-state index is 10.7. The molecule has 0 atom stereocenters. The molecule has 0 saturated heterocycles. The van der Waals surface area contributed by atoms with E-state index in [1.165, 1.54) is 6.07 Å². The zero-order valence-electron chi connectivity index (χ0n) is 16.0. The molecule has 0 radical (unpaired) electrons. The minimum Gasteiger partial charge on any atom is -0.508 e. The van der Waals surface area contributed by atoms with Gasteiger partial charge >= 0.3 is 0 Å². The number of hydrogen-bond acceptors (Lipinski definition) is 4. The highest BCUT2D eigenvalue weighted by Gasteiger charge is 2.11. The first-order valence-corrected chi connectivity index (χ1v) is 8.78. The topological polar surface area (TPSA) is 55.8 Å². The lowest BCUT2D eigenvalue weighted by Gasteiger charge is -2.13. The van der Waals surface area contributed by atoms with Crippen molar-refractivity contribution in [2.75, 3.05) is 13.7 Å². The van der Waals surface area contributed by atoms with Crippen LogP contribution in [0.25, 0.3) is 16.7 Å². The molecule has 4 nitrogen and oxygen atoms in total. The van der Waals surface area contributed by atoms with Gasteiger partial charge in [-0.15, -0.1) is 0 Å². The highest BCUT2D eigenvalue weighted by Crippen LogP contribution is 2.35. The summed E-state index contributed by atoms with van der Waals surface area (Å²) in [7, 11) is 1.69. The van der Waals surface area contributed by atoms with Crippen molar-refractivity contribution in [1.29, 1.82) is 0 Å². The smallest absolute Gasteiger partial charge is 0.298 e. The molecular weight excluding hydrogens is 328 g/mol. The SMILES string of the molecule is C=C(CCCOC)c1ccc(-c2ccc(O)cc2OC=O)c(C)c1.CC. The molecule has 4 heteroatoms. The molecule has 0 amide bonds. The zero-order valence-corrected chi connectivity index (χ0v) is 16.0. The van der Waals surface area contributed by atoms with Crippen molar-refractivity contribution in [3.63, 3.8) is 0 Å². The van der Waals surface area contributed by atoms with Crippen LogP contribution in [0.5, 0.6) is 11.5 Å². The van der Waals surface area contributed by atoms with Crippen LogP contribution in [0.4, 0.5) is 0 Å². The van der Waals surface area contributed by atoms with Gasteiger partial charge in [-0.1, -0.05) is 38.6 Å². The van der Waals surface area contributed by atoms with Gasteiger partial charge in [-0.3, -0.25) is 4.79 Å². The molecule has 140 valence electrons. The van der Waals surface area contributed by atoms with Gasteiger partial charge in [0.05, 0.1) is 0 Å². The summed E-state index contributed by atoms with van der Waals surface area (Å²) < 4.78 is 10.1. The predicted octanol–water partition coefficient (Wildman–Crippen LogP) is 5.37. The summed E-state index contributed by atoms with van der Waals surface area (Å²) in [5.74, 6) is 0.385. The summed E-state index contributed by atoms with van der Waals surface area (Å²) in [5.41, 5.74) is 4.90. The quantitative estimate of drug-likeness (QED) is 0.510. The van der Waals surface area contributed by atoms with Gasteiger partial charge in [0, 0.05) is 25.3 Å². The first-order valence-electron chi connectivity index (χ1n) is 8.78. The second kappa shape index (κ2) is 11.1. The number of ether oxygens (including phenoxy) is 2. The molecule has 0 fully saturated rings. The third-order valence-corrected chi connectivity index (χ3v) is 3.89. The van der Waals surface area contributed by atoms with Crippen LogP contribution in [0, 0.1) is 6.92 Å². The van der Waals surface area contributed by atoms with Crippen molar-refractivity contribution in [3.8, 4) is 22.6 Å². The molecule has 0 heterocycles. The number of aromatic hydroxyl groups is 1. The Morgan fingerprint density at radius 2 is 1.85 bits per heavy atom. The van der Waals surface area contributed by atoms with Crippen molar-refractivity contribution in [2.45, 2.75) is 33.6 Å². The third kappa shape index (κ3) is 5.74. The van der Waals surface area contributed by atoms with Crippen LogP contribution in [-0.2, 0) is 9.53 Å². The van der Waals surface area contributed by atoms with Gasteiger partial charge in [-0.2, -0.15) is 0 Å². The second-order valence-corrected chi connectivity index (χ2v) is 5.62. The molecule has 2 aromatic carbocycles. The Bertz CT molecular complexity index is 735. The molecule has 1 N–H and O–H groups in total. The third-order valence-electron chi connectivity index (χ3n) is 3.89. The molecule has 0 aromatic heterocycles. The highest BCUT2D eigenvalue weighted by molar-refractivity contribution is 5.77. The van der Waals surface area contributed by atoms with E-state index < -0.39 is 0 Å². The number of rotatable bonds is 8. The van der Waals surface area contributed by atoms with Crippen LogP contribution < -0.4 is 4.74 Å². The number of carbonyl (C=O) groups is 1. The fourth-order valence-corrected chi connectivity index (χ4v) is 2.64. The fourth-order valence-electron chi connectivity index (χ4n) is 2.64. The molecule has 2 rings (SSSR count). The van der Waals surface area contributed by atoms with E-state index >= 15 is 0 Å². The number of aryl methyl sites for hydroxylation is 1. The van der Waals surface area contributed by atoms with Gasteiger partial charge in [0.25, 0.3) is 6.47 Å². The number of hydrogen-bond donors (Lipinski definition) is 1.